The number of H-pyrrole nitrogens is 1. The standard InChI is InChI=1S/C16H23N3O/c1-15(2,16(3,4)20)17-10-13-11-18-19-14(13)12-8-6-5-7-9-12/h5-9,11,17,20H,10H2,1-4H3,(H,18,19). The van der Waals surface area contributed by atoms with E-state index in [0.717, 1.165) is 16.8 Å². The van der Waals surface area contributed by atoms with Crippen LogP contribution in [-0.2, 0) is 6.54 Å². The van der Waals surface area contributed by atoms with E-state index in [0.29, 0.717) is 6.54 Å². The molecule has 1 aromatic heterocycles. The third-order valence-electron chi connectivity index (χ3n) is 4.03. The van der Waals surface area contributed by atoms with Crippen LogP contribution >= 0.6 is 0 Å². The summed E-state index contributed by atoms with van der Waals surface area (Å²) in [4.78, 5) is 0. The van der Waals surface area contributed by atoms with Gasteiger partial charge in [0.25, 0.3) is 0 Å². The number of aromatic amines is 1. The van der Waals surface area contributed by atoms with E-state index in [1.165, 1.54) is 0 Å². The van der Waals surface area contributed by atoms with Gasteiger partial charge in [-0.3, -0.25) is 5.10 Å². The molecule has 2 rings (SSSR count). The number of nitrogens with one attached hydrogen (secondary N) is 2. The average Bonchev–Trinajstić information content (AvgIpc) is 2.84. The number of benzene rings is 1. The van der Waals surface area contributed by atoms with Crippen LogP contribution in [0.5, 0.6) is 0 Å². The molecule has 20 heavy (non-hydrogen) atoms. The van der Waals surface area contributed by atoms with E-state index in [2.05, 4.69) is 27.6 Å². The largest absolute Gasteiger partial charge is 0.389 e. The van der Waals surface area contributed by atoms with Gasteiger partial charge in [-0.1, -0.05) is 30.3 Å². The number of aromatic nitrogens is 2. The Bertz CT molecular complexity index is 553. The molecule has 0 unspecified atom stereocenters. The van der Waals surface area contributed by atoms with Gasteiger partial charge < -0.3 is 10.4 Å². The Kier molecular flexibility index (Phi) is 3.97. The van der Waals surface area contributed by atoms with Crippen LogP contribution in [0.3, 0.4) is 0 Å². The van der Waals surface area contributed by atoms with Crippen LogP contribution in [0, 0.1) is 0 Å². The number of hydrogen-bond donors (Lipinski definition) is 3. The van der Waals surface area contributed by atoms with Crippen LogP contribution in [0.2, 0.25) is 0 Å². The summed E-state index contributed by atoms with van der Waals surface area (Å²) in [5.41, 5.74) is 2.03. The maximum absolute atomic E-state index is 10.2. The van der Waals surface area contributed by atoms with Gasteiger partial charge in [0.15, 0.2) is 0 Å². The summed E-state index contributed by atoms with van der Waals surface area (Å²) in [6, 6.07) is 10.1. The lowest BCUT2D eigenvalue weighted by molar-refractivity contribution is -0.00530. The van der Waals surface area contributed by atoms with E-state index in [4.69, 9.17) is 0 Å². The Labute approximate surface area is 120 Å². The second kappa shape index (κ2) is 5.38. The van der Waals surface area contributed by atoms with E-state index in [1.54, 1.807) is 0 Å². The van der Waals surface area contributed by atoms with Crippen molar-refractivity contribution in [2.24, 2.45) is 0 Å². The summed E-state index contributed by atoms with van der Waals surface area (Å²) in [6.07, 6.45) is 1.83. The molecule has 2 aromatic rings. The van der Waals surface area contributed by atoms with Crippen LogP contribution in [0.1, 0.15) is 33.3 Å². The molecule has 0 fully saturated rings. The zero-order valence-corrected chi connectivity index (χ0v) is 12.6. The van der Waals surface area contributed by atoms with E-state index < -0.39 is 11.1 Å². The Hall–Kier alpha value is -1.65. The molecule has 1 aromatic carbocycles. The normalized spacial score (nSPS) is 12.7. The molecule has 0 aliphatic heterocycles. The first-order chi connectivity index (χ1) is 9.31. The van der Waals surface area contributed by atoms with Crippen molar-refractivity contribution in [2.45, 2.75) is 45.4 Å². The predicted octanol–water partition coefficient (Wildman–Crippen LogP) is 2.72. The van der Waals surface area contributed by atoms with Crippen LogP contribution in [0.4, 0.5) is 0 Å². The average molecular weight is 273 g/mol. The summed E-state index contributed by atoms with van der Waals surface area (Å²) < 4.78 is 0. The van der Waals surface area contributed by atoms with Crippen LogP contribution in [0.25, 0.3) is 11.3 Å². The minimum Gasteiger partial charge on any atom is -0.389 e. The molecular formula is C16H23N3O. The van der Waals surface area contributed by atoms with Gasteiger partial charge in [0.1, 0.15) is 0 Å². The predicted molar refractivity (Wildman–Crippen MR) is 81.2 cm³/mol. The van der Waals surface area contributed by atoms with Gasteiger partial charge in [-0.05, 0) is 33.3 Å². The van der Waals surface area contributed by atoms with E-state index in [9.17, 15) is 5.11 Å². The quantitative estimate of drug-likeness (QED) is 0.785. The van der Waals surface area contributed by atoms with Gasteiger partial charge in [0.05, 0.1) is 17.5 Å². The first kappa shape index (κ1) is 14.8. The van der Waals surface area contributed by atoms with Crippen molar-refractivity contribution in [3.63, 3.8) is 0 Å². The van der Waals surface area contributed by atoms with Gasteiger partial charge in [-0.2, -0.15) is 5.10 Å². The molecule has 4 nitrogen and oxygen atoms in total. The Balaban J connectivity index is 2.15. The molecular weight excluding hydrogens is 250 g/mol. The monoisotopic (exact) mass is 273 g/mol. The maximum atomic E-state index is 10.2. The van der Waals surface area contributed by atoms with Crippen LogP contribution < -0.4 is 5.32 Å². The van der Waals surface area contributed by atoms with Gasteiger partial charge in [-0.25, -0.2) is 0 Å². The maximum Gasteiger partial charge on any atom is 0.0767 e. The van der Waals surface area contributed by atoms with Crippen molar-refractivity contribution in [3.05, 3.63) is 42.1 Å². The fraction of sp³-hybridized carbons (Fsp3) is 0.438. The zero-order chi connectivity index (χ0) is 14.8. The molecule has 0 aliphatic rings. The lowest BCUT2D eigenvalue weighted by atomic mass is 9.86. The smallest absolute Gasteiger partial charge is 0.0767 e. The number of rotatable bonds is 5. The van der Waals surface area contributed by atoms with Crippen molar-refractivity contribution < 1.29 is 5.11 Å². The summed E-state index contributed by atoms with van der Waals surface area (Å²) in [5.74, 6) is 0. The summed E-state index contributed by atoms with van der Waals surface area (Å²) >= 11 is 0. The number of nitrogens with zero attached hydrogens (tertiary/aromatic N) is 1. The molecule has 3 N–H and O–H groups in total. The Morgan fingerprint density at radius 3 is 2.40 bits per heavy atom. The molecule has 0 saturated carbocycles. The second-order valence-electron chi connectivity index (χ2n) is 6.17. The van der Waals surface area contributed by atoms with Crippen molar-refractivity contribution in [3.8, 4) is 11.3 Å². The van der Waals surface area contributed by atoms with Gasteiger partial charge >= 0.3 is 0 Å². The first-order valence-corrected chi connectivity index (χ1v) is 6.86. The van der Waals surface area contributed by atoms with Gasteiger partial charge in [-0.15, -0.1) is 0 Å². The zero-order valence-electron chi connectivity index (χ0n) is 12.6. The molecule has 0 amide bonds. The highest BCUT2D eigenvalue weighted by Crippen LogP contribution is 2.24. The highest BCUT2D eigenvalue weighted by atomic mass is 16.3. The van der Waals surface area contributed by atoms with Crippen LogP contribution in [0.15, 0.2) is 36.5 Å². The lowest BCUT2D eigenvalue weighted by Crippen LogP contribution is -2.55. The molecule has 0 spiro atoms. The molecule has 0 saturated heterocycles. The van der Waals surface area contributed by atoms with Gasteiger partial charge in [0, 0.05) is 17.6 Å². The fourth-order valence-electron chi connectivity index (χ4n) is 1.83. The molecule has 0 aliphatic carbocycles. The molecule has 0 atom stereocenters. The molecule has 0 radical (unpaired) electrons. The van der Waals surface area contributed by atoms with Crippen molar-refractivity contribution >= 4 is 0 Å². The minimum atomic E-state index is -0.802. The highest BCUT2D eigenvalue weighted by Gasteiger charge is 2.34. The van der Waals surface area contributed by atoms with E-state index in [-0.39, 0.29) is 0 Å². The Morgan fingerprint density at radius 2 is 1.80 bits per heavy atom. The summed E-state index contributed by atoms with van der Waals surface area (Å²) in [6.45, 7) is 8.27. The SMILES string of the molecule is CC(C)(O)C(C)(C)NCc1cn[nH]c1-c1ccccc1. The minimum absolute atomic E-state index is 0.391. The molecule has 108 valence electrons. The van der Waals surface area contributed by atoms with E-state index >= 15 is 0 Å². The number of aliphatic hydroxyl groups is 1. The lowest BCUT2D eigenvalue weighted by Gasteiger charge is -2.38. The summed E-state index contributed by atoms with van der Waals surface area (Å²) in [5, 5.41) is 20.8. The second-order valence-corrected chi connectivity index (χ2v) is 6.17. The first-order valence-electron chi connectivity index (χ1n) is 6.86. The van der Waals surface area contributed by atoms with Crippen molar-refractivity contribution in [1.82, 2.24) is 15.5 Å². The van der Waals surface area contributed by atoms with E-state index in [1.807, 2.05) is 52.1 Å². The molecule has 1 heterocycles. The Morgan fingerprint density at radius 1 is 1.15 bits per heavy atom. The summed E-state index contributed by atoms with van der Waals surface area (Å²) in [7, 11) is 0. The molecule has 4 heteroatoms. The van der Waals surface area contributed by atoms with Crippen molar-refractivity contribution in [1.29, 1.82) is 0 Å². The highest BCUT2D eigenvalue weighted by molar-refractivity contribution is 5.62. The van der Waals surface area contributed by atoms with Crippen LogP contribution in [-0.4, -0.2) is 26.4 Å². The van der Waals surface area contributed by atoms with Crippen molar-refractivity contribution in [2.75, 3.05) is 0 Å². The molecule has 0 bridgehead atoms. The van der Waals surface area contributed by atoms with Gasteiger partial charge in [0.2, 0.25) is 0 Å². The fourth-order valence-corrected chi connectivity index (χ4v) is 1.83. The third-order valence-corrected chi connectivity index (χ3v) is 4.03. The number of hydrogen-bond acceptors (Lipinski definition) is 3. The third kappa shape index (κ3) is 3.08. The topological polar surface area (TPSA) is 60.9 Å².